The summed E-state index contributed by atoms with van der Waals surface area (Å²) < 4.78 is 12.5. The number of nitrogens with zero attached hydrogens (tertiary/aromatic N) is 1. The van der Waals surface area contributed by atoms with E-state index in [1.54, 1.807) is 6.08 Å². The number of hydrogen-bond acceptors (Lipinski definition) is 1. The first-order valence-corrected chi connectivity index (χ1v) is 3.16. The van der Waals surface area contributed by atoms with Crippen LogP contribution in [0.3, 0.4) is 0 Å². The molecule has 0 heterocycles. The van der Waals surface area contributed by atoms with Crippen LogP contribution in [-0.4, -0.2) is 0 Å². The minimum Gasteiger partial charge on any atom is -0.212 e. The number of nitriles is 1. The lowest BCUT2D eigenvalue weighted by Crippen LogP contribution is -2.02. The fourth-order valence-electron chi connectivity index (χ4n) is 0.910. The van der Waals surface area contributed by atoms with Crippen LogP contribution in [0.15, 0.2) is 23.6 Å². The molecule has 1 atom stereocenters. The Hall–Kier alpha value is -1.10. The van der Waals surface area contributed by atoms with Crippen LogP contribution in [0.4, 0.5) is 4.39 Å². The van der Waals surface area contributed by atoms with E-state index < -0.39 is 0 Å². The van der Waals surface area contributed by atoms with E-state index in [4.69, 9.17) is 5.26 Å². The van der Waals surface area contributed by atoms with Gasteiger partial charge < -0.3 is 0 Å². The quantitative estimate of drug-likeness (QED) is 0.502. The van der Waals surface area contributed by atoms with Gasteiger partial charge in [0.25, 0.3) is 0 Å². The molecule has 2 heteroatoms. The summed E-state index contributed by atoms with van der Waals surface area (Å²) in [5.74, 6) is -0.442. The zero-order valence-corrected chi connectivity index (χ0v) is 5.76. The third-order valence-corrected chi connectivity index (χ3v) is 1.63. The van der Waals surface area contributed by atoms with Crippen molar-refractivity contribution in [1.82, 2.24) is 0 Å². The van der Waals surface area contributed by atoms with Crippen molar-refractivity contribution in [2.24, 2.45) is 5.92 Å². The van der Waals surface area contributed by atoms with E-state index in [9.17, 15) is 4.39 Å². The van der Waals surface area contributed by atoms with Crippen molar-refractivity contribution >= 4 is 0 Å². The van der Waals surface area contributed by atoms with E-state index in [0.717, 1.165) is 5.57 Å². The van der Waals surface area contributed by atoms with Gasteiger partial charge in [-0.05, 0) is 13.0 Å². The highest BCUT2D eigenvalue weighted by atomic mass is 19.1. The van der Waals surface area contributed by atoms with Gasteiger partial charge >= 0.3 is 0 Å². The van der Waals surface area contributed by atoms with Gasteiger partial charge in [-0.15, -0.1) is 0 Å². The molecule has 0 N–H and O–H groups in total. The predicted molar refractivity (Wildman–Crippen MR) is 36.7 cm³/mol. The first-order valence-electron chi connectivity index (χ1n) is 3.16. The Bertz CT molecular complexity index is 232. The minimum absolute atomic E-state index is 0.197. The molecule has 0 spiro atoms. The molecular weight excluding hydrogens is 129 g/mol. The summed E-state index contributed by atoms with van der Waals surface area (Å²) in [6.45, 7) is 1.84. The molecule has 10 heavy (non-hydrogen) atoms. The predicted octanol–water partition coefficient (Wildman–Crippen LogP) is 2.33. The Morgan fingerprint density at radius 2 is 2.40 bits per heavy atom. The number of rotatable bonds is 0. The molecule has 1 aliphatic carbocycles. The van der Waals surface area contributed by atoms with E-state index in [1.165, 1.54) is 6.08 Å². The summed E-state index contributed by atoms with van der Waals surface area (Å²) in [5.41, 5.74) is 0.948. The fraction of sp³-hybridized carbons (Fsp3) is 0.375. The molecule has 0 amide bonds. The highest BCUT2D eigenvalue weighted by Gasteiger charge is 2.14. The maximum absolute atomic E-state index is 12.5. The second-order valence-corrected chi connectivity index (χ2v) is 2.41. The summed E-state index contributed by atoms with van der Waals surface area (Å²) in [5, 5.41) is 8.49. The van der Waals surface area contributed by atoms with Gasteiger partial charge in [-0.1, -0.05) is 11.6 Å². The summed E-state index contributed by atoms with van der Waals surface area (Å²) in [4.78, 5) is 0. The van der Waals surface area contributed by atoms with Gasteiger partial charge in [0.15, 0.2) is 0 Å². The number of allylic oxidation sites excluding steroid dienone is 4. The number of hydrogen-bond donors (Lipinski definition) is 0. The van der Waals surface area contributed by atoms with Crippen molar-refractivity contribution in [2.45, 2.75) is 13.3 Å². The molecule has 0 aromatic heterocycles. The highest BCUT2D eigenvalue weighted by molar-refractivity contribution is 5.26. The van der Waals surface area contributed by atoms with Gasteiger partial charge in [0.2, 0.25) is 0 Å². The molecule has 0 saturated heterocycles. The Balaban J connectivity index is 2.81. The lowest BCUT2D eigenvalue weighted by atomic mass is 9.94. The van der Waals surface area contributed by atoms with Crippen molar-refractivity contribution in [3.63, 3.8) is 0 Å². The Kier molecular flexibility index (Phi) is 1.86. The third kappa shape index (κ3) is 1.24. The smallest absolute Gasteiger partial charge is 0.102 e. The largest absolute Gasteiger partial charge is 0.212 e. The van der Waals surface area contributed by atoms with Gasteiger partial charge in [-0.3, -0.25) is 0 Å². The van der Waals surface area contributed by atoms with Crippen molar-refractivity contribution in [2.75, 3.05) is 0 Å². The van der Waals surface area contributed by atoms with Crippen LogP contribution in [0.2, 0.25) is 0 Å². The lowest BCUT2D eigenvalue weighted by Gasteiger charge is -2.10. The van der Waals surface area contributed by atoms with E-state index in [1.807, 2.05) is 13.0 Å². The zero-order chi connectivity index (χ0) is 7.56. The summed E-state index contributed by atoms with van der Waals surface area (Å²) in [7, 11) is 0. The fourth-order valence-corrected chi connectivity index (χ4v) is 0.910. The maximum Gasteiger partial charge on any atom is 0.102 e. The van der Waals surface area contributed by atoms with E-state index in [0.29, 0.717) is 0 Å². The SMILES string of the molecule is CC1=CC=C(F)CC1C#N. The highest BCUT2D eigenvalue weighted by Crippen LogP contribution is 2.24. The molecule has 0 aliphatic heterocycles. The van der Waals surface area contributed by atoms with Crippen molar-refractivity contribution in [3.05, 3.63) is 23.6 Å². The molecule has 1 aliphatic rings. The molecule has 0 bridgehead atoms. The second-order valence-electron chi connectivity index (χ2n) is 2.41. The van der Waals surface area contributed by atoms with Gasteiger partial charge in [0.05, 0.1) is 12.0 Å². The molecule has 1 rings (SSSR count). The van der Waals surface area contributed by atoms with Crippen LogP contribution in [-0.2, 0) is 0 Å². The normalized spacial score (nSPS) is 24.7. The molecule has 1 unspecified atom stereocenters. The van der Waals surface area contributed by atoms with Crippen molar-refractivity contribution in [1.29, 1.82) is 5.26 Å². The first kappa shape index (κ1) is 7.01. The first-order chi connectivity index (χ1) is 4.74. The van der Waals surface area contributed by atoms with Crippen LogP contribution < -0.4 is 0 Å². The van der Waals surface area contributed by atoms with Crippen LogP contribution in [0.25, 0.3) is 0 Å². The summed E-state index contributed by atoms with van der Waals surface area (Å²) in [6.07, 6.45) is 3.33. The molecular formula is C8H8FN. The molecule has 52 valence electrons. The number of halogens is 1. The lowest BCUT2D eigenvalue weighted by molar-refractivity contribution is 0.548. The van der Waals surface area contributed by atoms with Crippen molar-refractivity contribution < 1.29 is 4.39 Å². The van der Waals surface area contributed by atoms with E-state index in [-0.39, 0.29) is 18.2 Å². The van der Waals surface area contributed by atoms with Crippen molar-refractivity contribution in [3.8, 4) is 6.07 Å². The van der Waals surface area contributed by atoms with Crippen LogP contribution in [0.1, 0.15) is 13.3 Å². The van der Waals surface area contributed by atoms with Gasteiger partial charge in [0.1, 0.15) is 5.83 Å². The maximum atomic E-state index is 12.5. The average molecular weight is 137 g/mol. The second kappa shape index (κ2) is 2.66. The summed E-state index contributed by atoms with van der Waals surface area (Å²) >= 11 is 0. The van der Waals surface area contributed by atoms with E-state index >= 15 is 0 Å². The minimum atomic E-state index is -0.245. The van der Waals surface area contributed by atoms with Crippen LogP contribution >= 0.6 is 0 Å². The Labute approximate surface area is 59.5 Å². The average Bonchev–Trinajstić information content (AvgIpc) is 1.94. The van der Waals surface area contributed by atoms with Gasteiger partial charge in [-0.2, -0.15) is 5.26 Å². The summed E-state index contributed by atoms with van der Waals surface area (Å²) in [6, 6.07) is 2.03. The molecule has 0 fully saturated rings. The molecule has 0 saturated carbocycles. The molecule has 0 aromatic rings. The standard InChI is InChI=1S/C8H8FN/c1-6-2-3-8(9)4-7(6)5-10/h2-3,7H,4H2,1H3. The molecule has 1 nitrogen and oxygen atoms in total. The topological polar surface area (TPSA) is 23.8 Å². The van der Waals surface area contributed by atoms with Gasteiger partial charge in [-0.25, -0.2) is 4.39 Å². The Morgan fingerprint density at radius 3 is 2.90 bits per heavy atom. The Morgan fingerprint density at radius 1 is 1.70 bits per heavy atom. The van der Waals surface area contributed by atoms with E-state index in [2.05, 4.69) is 0 Å². The molecule has 0 aromatic carbocycles. The zero-order valence-electron chi connectivity index (χ0n) is 5.76. The van der Waals surface area contributed by atoms with Crippen LogP contribution in [0, 0.1) is 17.2 Å². The monoisotopic (exact) mass is 137 g/mol. The van der Waals surface area contributed by atoms with Gasteiger partial charge in [0, 0.05) is 6.42 Å². The van der Waals surface area contributed by atoms with Crippen LogP contribution in [0.5, 0.6) is 0 Å². The third-order valence-electron chi connectivity index (χ3n) is 1.63. The molecule has 0 radical (unpaired) electrons.